The van der Waals surface area contributed by atoms with Crippen molar-refractivity contribution in [1.82, 2.24) is 14.5 Å². The van der Waals surface area contributed by atoms with Crippen molar-refractivity contribution in [2.24, 2.45) is 0 Å². The molecule has 0 aliphatic carbocycles. The van der Waals surface area contributed by atoms with Crippen molar-refractivity contribution in [3.63, 3.8) is 0 Å². The number of rotatable bonds is 6. The highest BCUT2D eigenvalue weighted by atomic mass is 16.5. The Morgan fingerprint density at radius 2 is 2.04 bits per heavy atom. The molecule has 1 fully saturated rings. The molecule has 6 heteroatoms. The number of piperidine rings is 1. The summed E-state index contributed by atoms with van der Waals surface area (Å²) in [6.45, 7) is 4.53. The molecule has 1 atom stereocenters. The Kier molecular flexibility index (Phi) is 6.06. The molecule has 3 heterocycles. The molecule has 2 aromatic rings. The maximum atomic E-state index is 13.3. The molecule has 0 bridgehead atoms. The Balaban J connectivity index is 2.13. The Hall–Kier alpha value is -2.18. The van der Waals surface area contributed by atoms with Gasteiger partial charge in [0.2, 0.25) is 0 Å². The van der Waals surface area contributed by atoms with E-state index in [4.69, 9.17) is 4.74 Å². The molecule has 0 aromatic carbocycles. The van der Waals surface area contributed by atoms with Gasteiger partial charge in [0.1, 0.15) is 5.75 Å². The summed E-state index contributed by atoms with van der Waals surface area (Å²) in [4.78, 5) is 20.0. The largest absolute Gasteiger partial charge is 0.507 e. The van der Waals surface area contributed by atoms with E-state index in [0.717, 1.165) is 37.3 Å². The molecule has 1 aliphatic rings. The topological polar surface area (TPSA) is 67.6 Å². The smallest absolute Gasteiger partial charge is 0.259 e. The van der Waals surface area contributed by atoms with Crippen molar-refractivity contribution in [1.29, 1.82) is 0 Å². The predicted molar refractivity (Wildman–Crippen MR) is 100 cm³/mol. The first kappa shape index (κ1) is 18.6. The summed E-state index contributed by atoms with van der Waals surface area (Å²) in [5.74, 6) is 0.0439. The fourth-order valence-corrected chi connectivity index (χ4v) is 3.72. The molecule has 2 aromatic heterocycles. The number of aryl methyl sites for hydroxylation is 1. The number of hydrogen-bond donors (Lipinski definition) is 1. The minimum Gasteiger partial charge on any atom is -0.507 e. The molecule has 1 N–H and O–H groups in total. The lowest BCUT2D eigenvalue weighted by molar-refractivity contribution is 0.176. The van der Waals surface area contributed by atoms with E-state index in [-0.39, 0.29) is 17.4 Å². The van der Waals surface area contributed by atoms with Crippen LogP contribution in [0.5, 0.6) is 5.75 Å². The van der Waals surface area contributed by atoms with Gasteiger partial charge in [0, 0.05) is 25.5 Å². The lowest BCUT2D eigenvalue weighted by atomic mass is 9.98. The molecule has 6 nitrogen and oxygen atoms in total. The first-order valence-corrected chi connectivity index (χ1v) is 9.20. The summed E-state index contributed by atoms with van der Waals surface area (Å²) in [5, 5.41) is 10.7. The van der Waals surface area contributed by atoms with Crippen molar-refractivity contribution in [2.75, 3.05) is 26.8 Å². The van der Waals surface area contributed by atoms with Crippen LogP contribution < -0.4 is 5.56 Å². The third-order valence-electron chi connectivity index (χ3n) is 5.04. The van der Waals surface area contributed by atoms with Gasteiger partial charge >= 0.3 is 0 Å². The van der Waals surface area contributed by atoms with Crippen LogP contribution in [0.25, 0.3) is 0 Å². The van der Waals surface area contributed by atoms with E-state index in [1.807, 2.05) is 25.1 Å². The van der Waals surface area contributed by atoms with Crippen molar-refractivity contribution >= 4 is 0 Å². The summed E-state index contributed by atoms with van der Waals surface area (Å²) in [7, 11) is 1.62. The summed E-state index contributed by atoms with van der Waals surface area (Å²) >= 11 is 0. The van der Waals surface area contributed by atoms with E-state index < -0.39 is 0 Å². The Morgan fingerprint density at radius 3 is 2.69 bits per heavy atom. The van der Waals surface area contributed by atoms with Gasteiger partial charge in [-0.2, -0.15) is 0 Å². The number of aromatic nitrogens is 2. The number of aromatic hydroxyl groups is 1. The van der Waals surface area contributed by atoms with Crippen LogP contribution in [0.4, 0.5) is 0 Å². The average molecular weight is 357 g/mol. The minimum atomic E-state index is -0.335. The minimum absolute atomic E-state index is 0.0439. The van der Waals surface area contributed by atoms with E-state index >= 15 is 0 Å². The highest BCUT2D eigenvalue weighted by Crippen LogP contribution is 2.33. The maximum absolute atomic E-state index is 13.3. The number of ether oxygens (including phenoxy) is 1. The van der Waals surface area contributed by atoms with Gasteiger partial charge in [0.15, 0.2) is 0 Å². The van der Waals surface area contributed by atoms with Gasteiger partial charge in [-0.15, -0.1) is 0 Å². The Bertz CT molecular complexity index is 783. The Morgan fingerprint density at radius 1 is 1.27 bits per heavy atom. The monoisotopic (exact) mass is 357 g/mol. The van der Waals surface area contributed by atoms with Crippen LogP contribution in [-0.4, -0.2) is 46.4 Å². The zero-order valence-electron chi connectivity index (χ0n) is 15.5. The van der Waals surface area contributed by atoms with E-state index in [2.05, 4.69) is 9.88 Å². The Labute approximate surface area is 154 Å². The number of nitrogens with zero attached hydrogens (tertiary/aromatic N) is 3. The van der Waals surface area contributed by atoms with Crippen molar-refractivity contribution in [3.05, 3.63) is 57.8 Å². The predicted octanol–water partition coefficient (Wildman–Crippen LogP) is 2.48. The summed E-state index contributed by atoms with van der Waals surface area (Å²) in [6, 6.07) is 7.05. The molecule has 0 radical (unpaired) electrons. The molecule has 0 saturated carbocycles. The molecule has 0 spiro atoms. The van der Waals surface area contributed by atoms with Gasteiger partial charge in [-0.1, -0.05) is 12.5 Å². The first-order chi connectivity index (χ1) is 12.6. The van der Waals surface area contributed by atoms with Crippen LogP contribution in [0, 0.1) is 6.92 Å². The molecule has 1 aliphatic heterocycles. The first-order valence-electron chi connectivity index (χ1n) is 9.20. The van der Waals surface area contributed by atoms with Crippen LogP contribution in [0.2, 0.25) is 0 Å². The summed E-state index contributed by atoms with van der Waals surface area (Å²) in [5.41, 5.74) is 1.77. The lowest BCUT2D eigenvalue weighted by Gasteiger charge is -2.34. The lowest BCUT2D eigenvalue weighted by Crippen LogP contribution is -2.39. The molecule has 0 unspecified atom stereocenters. The van der Waals surface area contributed by atoms with Crippen LogP contribution in [-0.2, 0) is 11.3 Å². The highest BCUT2D eigenvalue weighted by Gasteiger charge is 2.30. The van der Waals surface area contributed by atoms with Crippen molar-refractivity contribution in [2.45, 2.75) is 38.8 Å². The summed E-state index contributed by atoms with van der Waals surface area (Å²) in [6.07, 6.45) is 5.12. The van der Waals surface area contributed by atoms with Crippen LogP contribution >= 0.6 is 0 Å². The molecular formula is C20H27N3O3. The van der Waals surface area contributed by atoms with E-state index in [1.165, 1.54) is 6.42 Å². The van der Waals surface area contributed by atoms with Crippen molar-refractivity contribution < 1.29 is 9.84 Å². The fourth-order valence-electron chi connectivity index (χ4n) is 3.72. The van der Waals surface area contributed by atoms with Crippen LogP contribution in [0.1, 0.15) is 42.3 Å². The second-order valence-corrected chi connectivity index (χ2v) is 6.79. The fraction of sp³-hybridized carbons (Fsp3) is 0.500. The number of pyridine rings is 2. The molecule has 140 valence electrons. The van der Waals surface area contributed by atoms with Gasteiger partial charge < -0.3 is 14.4 Å². The standard InChI is InChI=1S/C20H27N3O3/c1-15-14-17(24)18(20(25)23(15)12-13-26-2)19(16-8-4-5-9-21-16)22-10-6-3-7-11-22/h4-5,8-9,14,19,24H,3,6-7,10-13H2,1-2H3/t19-/m1/s1. The SMILES string of the molecule is COCCn1c(C)cc(O)c([C@@H](c2ccccn2)N2CCCCC2)c1=O. The second kappa shape index (κ2) is 8.47. The van der Waals surface area contributed by atoms with Crippen LogP contribution in [0.3, 0.4) is 0 Å². The molecule has 0 amide bonds. The molecule has 26 heavy (non-hydrogen) atoms. The van der Waals surface area contributed by atoms with Crippen molar-refractivity contribution in [3.8, 4) is 5.75 Å². The normalized spacial score (nSPS) is 16.5. The van der Waals surface area contributed by atoms with E-state index in [1.54, 1.807) is 23.9 Å². The van der Waals surface area contributed by atoms with Crippen LogP contribution in [0.15, 0.2) is 35.3 Å². The number of hydrogen-bond acceptors (Lipinski definition) is 5. The molecule has 1 saturated heterocycles. The highest BCUT2D eigenvalue weighted by molar-refractivity contribution is 5.39. The zero-order valence-corrected chi connectivity index (χ0v) is 15.5. The average Bonchev–Trinajstić information content (AvgIpc) is 2.66. The van der Waals surface area contributed by atoms with Gasteiger partial charge in [0.25, 0.3) is 5.56 Å². The van der Waals surface area contributed by atoms with Gasteiger partial charge in [-0.25, -0.2) is 0 Å². The van der Waals surface area contributed by atoms with Gasteiger partial charge in [-0.05, 0) is 51.1 Å². The zero-order chi connectivity index (χ0) is 18.5. The van der Waals surface area contributed by atoms with Gasteiger partial charge in [-0.3, -0.25) is 14.7 Å². The maximum Gasteiger partial charge on any atom is 0.259 e. The third-order valence-corrected chi connectivity index (χ3v) is 5.04. The second-order valence-electron chi connectivity index (χ2n) is 6.79. The number of methoxy groups -OCH3 is 1. The quantitative estimate of drug-likeness (QED) is 0.860. The van der Waals surface area contributed by atoms with Gasteiger partial charge in [0.05, 0.1) is 23.9 Å². The summed E-state index contributed by atoms with van der Waals surface area (Å²) < 4.78 is 6.82. The third kappa shape index (κ3) is 3.81. The number of likely N-dealkylation sites (tertiary alicyclic amines) is 1. The van der Waals surface area contributed by atoms with E-state index in [0.29, 0.717) is 18.7 Å². The van der Waals surface area contributed by atoms with E-state index in [9.17, 15) is 9.90 Å². The molecular weight excluding hydrogens is 330 g/mol. The molecule has 3 rings (SSSR count).